The maximum absolute atomic E-state index is 12.5. The van der Waals surface area contributed by atoms with Crippen LogP contribution in [0.25, 0.3) is 0 Å². The average molecular weight is 296 g/mol. The van der Waals surface area contributed by atoms with Crippen molar-refractivity contribution in [3.63, 3.8) is 0 Å². The summed E-state index contributed by atoms with van der Waals surface area (Å²) in [6, 6.07) is 3.66. The van der Waals surface area contributed by atoms with Gasteiger partial charge in [0.05, 0.1) is 9.40 Å². The van der Waals surface area contributed by atoms with Crippen LogP contribution in [0.15, 0.2) is 22.7 Å². The molecule has 0 N–H and O–H groups in total. The Balaban J connectivity index is 2.80. The average Bonchev–Trinajstić information content (AvgIpc) is 2.14. The molecule has 0 fully saturated rings. The fourth-order valence-electron chi connectivity index (χ4n) is 0.925. The second-order valence-electron chi connectivity index (χ2n) is 3.23. The largest absolute Gasteiger partial charge is 0.486 e. The smallest absolute Gasteiger partial charge is 0.278 e. The van der Waals surface area contributed by atoms with Crippen LogP contribution in [-0.2, 0) is 0 Å². The lowest BCUT2D eigenvalue weighted by Gasteiger charge is -2.12. The van der Waals surface area contributed by atoms with Crippen molar-refractivity contribution in [2.45, 2.75) is 12.8 Å². The van der Waals surface area contributed by atoms with Gasteiger partial charge in [0.2, 0.25) is 0 Å². The Labute approximate surface area is 98.5 Å². The molecule has 1 aromatic carbocycles. The van der Waals surface area contributed by atoms with Crippen LogP contribution in [0.5, 0.6) is 5.75 Å². The van der Waals surface area contributed by atoms with E-state index in [0.717, 1.165) is 6.92 Å². The van der Waals surface area contributed by atoms with Gasteiger partial charge in [-0.05, 0) is 22.0 Å². The molecule has 1 rings (SSSR count). The van der Waals surface area contributed by atoms with Crippen LogP contribution in [0, 0.1) is 10.1 Å². The van der Waals surface area contributed by atoms with E-state index in [0.29, 0.717) is 0 Å². The normalized spacial score (nSPS) is 11.2. The summed E-state index contributed by atoms with van der Waals surface area (Å²) in [4.78, 5) is 9.83. The molecule has 16 heavy (non-hydrogen) atoms. The van der Waals surface area contributed by atoms with Gasteiger partial charge < -0.3 is 4.74 Å². The van der Waals surface area contributed by atoms with Crippen LogP contribution in [-0.4, -0.2) is 17.5 Å². The van der Waals surface area contributed by atoms with Crippen LogP contribution in [0.4, 0.5) is 14.5 Å². The Morgan fingerprint density at radius 1 is 1.56 bits per heavy atom. The van der Waals surface area contributed by atoms with Crippen LogP contribution in [0.2, 0.25) is 0 Å². The number of nitrogens with zero attached hydrogens (tertiary/aromatic N) is 1. The maximum Gasteiger partial charge on any atom is 0.278 e. The van der Waals surface area contributed by atoms with Crippen molar-refractivity contribution < 1.29 is 18.4 Å². The van der Waals surface area contributed by atoms with Crippen molar-refractivity contribution in [1.29, 1.82) is 0 Å². The van der Waals surface area contributed by atoms with Gasteiger partial charge in [0.1, 0.15) is 5.75 Å². The number of nitro groups is 1. The molecule has 88 valence electrons. The monoisotopic (exact) mass is 295 g/mol. The van der Waals surface area contributed by atoms with Crippen molar-refractivity contribution in [1.82, 2.24) is 0 Å². The summed E-state index contributed by atoms with van der Waals surface area (Å²) in [5.41, 5.74) is -0.137. The SMILES string of the molecule is CC(F)(F)COc1ccc([N+](=O)[O-])cc1Br. The minimum atomic E-state index is -2.94. The number of halogens is 3. The molecular weight excluding hydrogens is 288 g/mol. The molecule has 0 aliphatic heterocycles. The van der Waals surface area contributed by atoms with Crippen molar-refractivity contribution in [2.24, 2.45) is 0 Å². The number of rotatable bonds is 4. The van der Waals surface area contributed by atoms with Crippen LogP contribution < -0.4 is 4.74 Å². The summed E-state index contributed by atoms with van der Waals surface area (Å²) >= 11 is 3.01. The molecule has 0 saturated heterocycles. The molecule has 4 nitrogen and oxygen atoms in total. The summed E-state index contributed by atoms with van der Waals surface area (Å²) in [5, 5.41) is 10.4. The number of nitro benzene ring substituents is 1. The molecule has 0 aromatic heterocycles. The molecule has 0 aliphatic carbocycles. The summed E-state index contributed by atoms with van der Waals surface area (Å²) < 4.78 is 30.1. The van der Waals surface area contributed by atoms with Gasteiger partial charge >= 0.3 is 0 Å². The predicted octanol–water partition coefficient (Wildman–Crippen LogP) is 3.39. The standard InChI is InChI=1S/C9H8BrF2NO3/c1-9(11,12)5-16-8-3-2-6(13(14)15)4-7(8)10/h2-4H,5H2,1H3. The van der Waals surface area contributed by atoms with Crippen molar-refractivity contribution >= 4 is 21.6 Å². The summed E-state index contributed by atoms with van der Waals surface area (Å²) in [5.74, 6) is -2.80. The zero-order valence-electron chi connectivity index (χ0n) is 8.25. The summed E-state index contributed by atoms with van der Waals surface area (Å²) in [6.07, 6.45) is 0. The predicted molar refractivity (Wildman–Crippen MR) is 56.9 cm³/mol. The molecule has 0 aliphatic rings. The van der Waals surface area contributed by atoms with Crippen molar-refractivity contribution in [2.75, 3.05) is 6.61 Å². The molecule has 0 spiro atoms. The first-order valence-electron chi connectivity index (χ1n) is 4.24. The molecule has 0 saturated carbocycles. The summed E-state index contributed by atoms with van der Waals surface area (Å²) in [7, 11) is 0. The Hall–Kier alpha value is -1.24. The third-order valence-corrected chi connectivity index (χ3v) is 2.23. The lowest BCUT2D eigenvalue weighted by Crippen LogP contribution is -2.21. The Morgan fingerprint density at radius 2 is 2.19 bits per heavy atom. The molecule has 0 unspecified atom stereocenters. The molecule has 1 aromatic rings. The van der Waals surface area contributed by atoms with E-state index >= 15 is 0 Å². The van der Waals surface area contributed by atoms with Gasteiger partial charge in [0, 0.05) is 19.1 Å². The number of alkyl halides is 2. The lowest BCUT2D eigenvalue weighted by molar-refractivity contribution is -0.385. The molecule has 0 heterocycles. The Morgan fingerprint density at radius 3 is 2.62 bits per heavy atom. The van der Waals surface area contributed by atoms with Crippen LogP contribution in [0.3, 0.4) is 0 Å². The van der Waals surface area contributed by atoms with Crippen LogP contribution >= 0.6 is 15.9 Å². The van der Waals surface area contributed by atoms with E-state index < -0.39 is 17.5 Å². The van der Waals surface area contributed by atoms with E-state index in [4.69, 9.17) is 4.74 Å². The number of ether oxygens (including phenoxy) is 1. The van der Waals surface area contributed by atoms with E-state index in [1.54, 1.807) is 0 Å². The second kappa shape index (κ2) is 4.73. The topological polar surface area (TPSA) is 52.4 Å². The van der Waals surface area contributed by atoms with Crippen molar-refractivity contribution in [3.8, 4) is 5.75 Å². The molecule has 0 bridgehead atoms. The minimum absolute atomic E-state index is 0.137. The first-order chi connectivity index (χ1) is 7.29. The van der Waals surface area contributed by atoms with Gasteiger partial charge in [-0.3, -0.25) is 10.1 Å². The highest BCUT2D eigenvalue weighted by molar-refractivity contribution is 9.10. The number of hydrogen-bond acceptors (Lipinski definition) is 3. The molecule has 0 amide bonds. The number of non-ortho nitro benzene ring substituents is 1. The first kappa shape index (κ1) is 12.8. The molecule has 7 heteroatoms. The van der Waals surface area contributed by atoms with E-state index in [1.807, 2.05) is 0 Å². The Kier molecular flexibility index (Phi) is 3.79. The van der Waals surface area contributed by atoms with Crippen LogP contribution in [0.1, 0.15) is 6.92 Å². The molecule has 0 atom stereocenters. The number of benzene rings is 1. The van der Waals surface area contributed by atoms with Gasteiger partial charge in [-0.25, -0.2) is 8.78 Å². The third kappa shape index (κ3) is 3.73. The first-order valence-corrected chi connectivity index (χ1v) is 5.03. The third-order valence-electron chi connectivity index (χ3n) is 1.61. The highest BCUT2D eigenvalue weighted by Crippen LogP contribution is 2.30. The fraction of sp³-hybridized carbons (Fsp3) is 0.333. The lowest BCUT2D eigenvalue weighted by atomic mass is 10.3. The van der Waals surface area contributed by atoms with Gasteiger partial charge in [0.25, 0.3) is 11.6 Å². The number of hydrogen-bond donors (Lipinski definition) is 0. The van der Waals surface area contributed by atoms with Gasteiger partial charge in [-0.1, -0.05) is 0 Å². The molecular formula is C9H8BrF2NO3. The quantitative estimate of drug-likeness (QED) is 0.632. The van der Waals surface area contributed by atoms with E-state index in [9.17, 15) is 18.9 Å². The summed E-state index contributed by atoms with van der Waals surface area (Å²) in [6.45, 7) is -0.0459. The zero-order chi connectivity index (χ0) is 12.3. The van der Waals surface area contributed by atoms with Gasteiger partial charge in [-0.15, -0.1) is 0 Å². The highest BCUT2D eigenvalue weighted by atomic mass is 79.9. The maximum atomic E-state index is 12.5. The molecule has 0 radical (unpaired) electrons. The highest BCUT2D eigenvalue weighted by Gasteiger charge is 2.22. The van der Waals surface area contributed by atoms with Gasteiger partial charge in [0.15, 0.2) is 6.61 Å². The van der Waals surface area contributed by atoms with E-state index in [2.05, 4.69) is 15.9 Å². The Bertz CT molecular complexity index is 406. The van der Waals surface area contributed by atoms with Gasteiger partial charge in [-0.2, -0.15) is 0 Å². The van der Waals surface area contributed by atoms with E-state index in [-0.39, 0.29) is 15.9 Å². The second-order valence-corrected chi connectivity index (χ2v) is 4.09. The fourth-order valence-corrected chi connectivity index (χ4v) is 1.41. The van der Waals surface area contributed by atoms with E-state index in [1.165, 1.54) is 18.2 Å². The van der Waals surface area contributed by atoms with Crippen molar-refractivity contribution in [3.05, 3.63) is 32.8 Å². The minimum Gasteiger partial charge on any atom is -0.486 e. The zero-order valence-corrected chi connectivity index (χ0v) is 9.83.